The third kappa shape index (κ3) is 3.11. The Labute approximate surface area is 108 Å². The summed E-state index contributed by atoms with van der Waals surface area (Å²) in [6, 6.07) is 8.82. The summed E-state index contributed by atoms with van der Waals surface area (Å²) in [5.41, 5.74) is 0.609. The minimum absolute atomic E-state index is 0.0543. The lowest BCUT2D eigenvalue weighted by atomic mass is 10.2. The molecule has 19 heavy (non-hydrogen) atoms. The lowest BCUT2D eigenvalue weighted by molar-refractivity contribution is -0.146. The zero-order valence-corrected chi connectivity index (χ0v) is 10.00. The van der Waals surface area contributed by atoms with Crippen LogP contribution in [0.4, 0.5) is 0 Å². The molecule has 0 spiro atoms. The van der Waals surface area contributed by atoms with Gasteiger partial charge in [-0.2, -0.15) is 0 Å². The maximum absolute atomic E-state index is 11.7. The van der Waals surface area contributed by atoms with Gasteiger partial charge in [0.2, 0.25) is 0 Å². The molecule has 0 radical (unpaired) electrons. The molecule has 100 valence electrons. The van der Waals surface area contributed by atoms with Crippen LogP contribution in [0.2, 0.25) is 0 Å². The van der Waals surface area contributed by atoms with Gasteiger partial charge in [0.1, 0.15) is 5.58 Å². The van der Waals surface area contributed by atoms with Crippen LogP contribution < -0.4 is 5.32 Å². The molecule has 3 N–H and O–H groups in total. The first kappa shape index (κ1) is 13.1. The van der Waals surface area contributed by atoms with E-state index in [-0.39, 0.29) is 18.7 Å². The largest absolute Gasteiger partial charge is 0.479 e. The number of carboxylic acids is 1. The van der Waals surface area contributed by atoms with Gasteiger partial charge in [0, 0.05) is 18.4 Å². The number of nitrogens with one attached hydrogen (secondary N) is 1. The Kier molecular flexibility index (Phi) is 3.82. The van der Waals surface area contributed by atoms with Gasteiger partial charge in [-0.15, -0.1) is 0 Å². The van der Waals surface area contributed by atoms with Crippen LogP contribution in [0, 0.1) is 0 Å². The van der Waals surface area contributed by atoms with Gasteiger partial charge in [0.25, 0.3) is 5.91 Å². The van der Waals surface area contributed by atoms with Crippen LogP contribution in [0.15, 0.2) is 34.7 Å². The molecule has 1 amide bonds. The maximum Gasteiger partial charge on any atom is 0.332 e. The number of aliphatic carboxylic acids is 1. The van der Waals surface area contributed by atoms with Crippen LogP contribution >= 0.6 is 0 Å². The van der Waals surface area contributed by atoms with Crippen LogP contribution in [0.25, 0.3) is 11.0 Å². The van der Waals surface area contributed by atoms with Gasteiger partial charge in [-0.3, -0.25) is 4.79 Å². The average molecular weight is 263 g/mol. The first-order chi connectivity index (χ1) is 9.08. The lowest BCUT2D eigenvalue weighted by Crippen LogP contribution is -2.29. The monoisotopic (exact) mass is 263 g/mol. The van der Waals surface area contributed by atoms with Crippen LogP contribution in [-0.2, 0) is 4.79 Å². The van der Waals surface area contributed by atoms with E-state index in [0.717, 1.165) is 5.39 Å². The minimum atomic E-state index is -1.48. The van der Waals surface area contributed by atoms with Crippen LogP contribution in [0.3, 0.4) is 0 Å². The Morgan fingerprint density at radius 2 is 2.05 bits per heavy atom. The van der Waals surface area contributed by atoms with Crippen LogP contribution in [-0.4, -0.2) is 34.7 Å². The van der Waals surface area contributed by atoms with Crippen molar-refractivity contribution in [2.75, 3.05) is 6.54 Å². The predicted molar refractivity (Wildman–Crippen MR) is 66.8 cm³/mol. The zero-order valence-electron chi connectivity index (χ0n) is 10.00. The summed E-state index contributed by atoms with van der Waals surface area (Å²) in [4.78, 5) is 22.1. The summed E-state index contributed by atoms with van der Waals surface area (Å²) >= 11 is 0. The van der Waals surface area contributed by atoms with Gasteiger partial charge >= 0.3 is 5.97 Å². The van der Waals surface area contributed by atoms with Crippen LogP contribution in [0.5, 0.6) is 0 Å². The molecule has 6 nitrogen and oxygen atoms in total. The van der Waals surface area contributed by atoms with Gasteiger partial charge < -0.3 is 19.9 Å². The molecule has 0 saturated carbocycles. The number of fused-ring (bicyclic) bond motifs is 1. The van der Waals surface area contributed by atoms with Gasteiger partial charge in [-0.1, -0.05) is 18.2 Å². The number of hydrogen-bond donors (Lipinski definition) is 3. The van der Waals surface area contributed by atoms with Gasteiger partial charge in [-0.25, -0.2) is 4.79 Å². The Balaban J connectivity index is 1.94. The van der Waals surface area contributed by atoms with E-state index in [1.807, 2.05) is 12.1 Å². The van der Waals surface area contributed by atoms with Crippen LogP contribution in [0.1, 0.15) is 17.0 Å². The van der Waals surface area contributed by atoms with Gasteiger partial charge in [0.15, 0.2) is 11.9 Å². The number of rotatable bonds is 5. The summed E-state index contributed by atoms with van der Waals surface area (Å²) in [6.45, 7) is 0.0589. The maximum atomic E-state index is 11.7. The van der Waals surface area contributed by atoms with Crippen molar-refractivity contribution in [1.29, 1.82) is 0 Å². The summed E-state index contributed by atoms with van der Waals surface area (Å²) in [5.74, 6) is -1.59. The number of carbonyl (C=O) groups excluding carboxylic acids is 1. The zero-order chi connectivity index (χ0) is 13.8. The highest BCUT2D eigenvalue weighted by molar-refractivity contribution is 5.96. The fourth-order valence-corrected chi connectivity index (χ4v) is 1.63. The minimum Gasteiger partial charge on any atom is -0.479 e. The number of benzene rings is 1. The molecule has 0 aliphatic carbocycles. The highest BCUT2D eigenvalue weighted by Gasteiger charge is 2.15. The van der Waals surface area contributed by atoms with E-state index < -0.39 is 18.0 Å². The topological polar surface area (TPSA) is 99.8 Å². The van der Waals surface area contributed by atoms with Gasteiger partial charge in [0.05, 0.1) is 0 Å². The predicted octanol–water partition coefficient (Wildman–Crippen LogP) is 0.998. The molecule has 0 fully saturated rings. The highest BCUT2D eigenvalue weighted by atomic mass is 16.4. The normalized spacial score (nSPS) is 12.3. The van der Waals surface area contributed by atoms with E-state index in [0.29, 0.717) is 5.58 Å². The third-order valence-corrected chi connectivity index (χ3v) is 2.64. The van der Waals surface area contributed by atoms with Crippen molar-refractivity contribution in [3.8, 4) is 0 Å². The smallest absolute Gasteiger partial charge is 0.332 e. The third-order valence-electron chi connectivity index (χ3n) is 2.64. The molecular formula is C13H13NO5. The molecule has 1 heterocycles. The van der Waals surface area contributed by atoms with E-state index in [1.54, 1.807) is 18.2 Å². The number of aliphatic hydroxyl groups excluding tert-OH is 1. The number of amides is 1. The summed E-state index contributed by atoms with van der Waals surface area (Å²) in [7, 11) is 0. The van der Waals surface area contributed by atoms with Crippen molar-refractivity contribution in [2.24, 2.45) is 0 Å². The molecule has 1 atom stereocenters. The number of hydrogen-bond acceptors (Lipinski definition) is 4. The fraction of sp³-hybridized carbons (Fsp3) is 0.231. The summed E-state index contributed by atoms with van der Waals surface area (Å²) in [5, 5.41) is 20.8. The van der Waals surface area contributed by atoms with Crippen molar-refractivity contribution >= 4 is 22.8 Å². The molecule has 1 aromatic carbocycles. The number of carboxylic acid groups (broad SMARTS) is 1. The fourth-order valence-electron chi connectivity index (χ4n) is 1.63. The van der Waals surface area contributed by atoms with E-state index in [2.05, 4.69) is 5.32 Å². The highest BCUT2D eigenvalue weighted by Crippen LogP contribution is 2.18. The lowest BCUT2D eigenvalue weighted by Gasteiger charge is -2.05. The van der Waals surface area contributed by atoms with E-state index in [4.69, 9.17) is 14.6 Å². The molecule has 1 unspecified atom stereocenters. The van der Waals surface area contributed by atoms with Gasteiger partial charge in [-0.05, 0) is 12.1 Å². The summed E-state index contributed by atoms with van der Waals surface area (Å²) < 4.78 is 5.34. The first-order valence-electron chi connectivity index (χ1n) is 5.75. The molecule has 2 rings (SSSR count). The van der Waals surface area contributed by atoms with Crippen molar-refractivity contribution < 1.29 is 24.2 Å². The van der Waals surface area contributed by atoms with E-state index in [1.165, 1.54) is 0 Å². The average Bonchev–Trinajstić information content (AvgIpc) is 2.82. The number of aliphatic hydroxyl groups is 1. The second-order valence-corrected chi connectivity index (χ2v) is 4.05. The first-order valence-corrected chi connectivity index (χ1v) is 5.75. The van der Waals surface area contributed by atoms with Crippen molar-refractivity contribution in [3.05, 3.63) is 36.1 Å². The molecule has 6 heteroatoms. The quantitative estimate of drug-likeness (QED) is 0.747. The Hall–Kier alpha value is -2.34. The Morgan fingerprint density at radius 1 is 1.32 bits per heavy atom. The summed E-state index contributed by atoms with van der Waals surface area (Å²) in [6.07, 6.45) is -1.53. The van der Waals surface area contributed by atoms with Crippen molar-refractivity contribution in [1.82, 2.24) is 5.32 Å². The Bertz CT molecular complexity index is 571. The number of furan rings is 1. The van der Waals surface area contributed by atoms with Crippen molar-refractivity contribution in [2.45, 2.75) is 12.5 Å². The second kappa shape index (κ2) is 5.53. The van der Waals surface area contributed by atoms with Crippen molar-refractivity contribution in [3.63, 3.8) is 0 Å². The van der Waals surface area contributed by atoms with E-state index in [9.17, 15) is 9.59 Å². The Morgan fingerprint density at radius 3 is 2.74 bits per heavy atom. The molecule has 0 bridgehead atoms. The standard InChI is InChI=1S/C13H13NO5/c15-9(13(17)18)5-6-14-12(16)11-7-8-3-1-2-4-10(8)19-11/h1-4,7,9,15H,5-6H2,(H,14,16)(H,17,18). The second-order valence-electron chi connectivity index (χ2n) is 4.05. The van der Waals surface area contributed by atoms with E-state index >= 15 is 0 Å². The number of carbonyl (C=O) groups is 2. The molecule has 1 aromatic heterocycles. The molecule has 0 aliphatic heterocycles. The molecule has 0 saturated heterocycles. The number of para-hydroxylation sites is 1. The molecule has 2 aromatic rings. The molecule has 0 aliphatic rings. The SMILES string of the molecule is O=C(NCCC(O)C(=O)O)c1cc2ccccc2o1. The molecular weight excluding hydrogens is 250 g/mol.